The molecule has 0 fully saturated rings. The number of alkyl halides is 3. The van der Waals surface area contributed by atoms with Gasteiger partial charge in [0, 0.05) is 18.7 Å². The molecule has 2 N–H and O–H groups in total. The zero-order chi connectivity index (χ0) is 14.6. The smallest absolute Gasteiger partial charge is 0.382 e. The van der Waals surface area contributed by atoms with Crippen LogP contribution in [-0.2, 0) is 11.3 Å². The van der Waals surface area contributed by atoms with Crippen LogP contribution in [-0.4, -0.2) is 39.6 Å². The van der Waals surface area contributed by atoms with Gasteiger partial charge in [0.05, 0.1) is 12.2 Å². The maximum Gasteiger partial charge on any atom is 0.416 e. The summed E-state index contributed by atoms with van der Waals surface area (Å²) in [6.07, 6.45) is -7.25. The maximum absolute atomic E-state index is 12.0. The number of nitrogens with one attached hydrogen (secondary N) is 1. The van der Waals surface area contributed by atoms with E-state index in [0.717, 1.165) is 11.4 Å². The Bertz CT molecular complexity index is 443. The number of carbonyl (C=O) groups is 1. The first-order valence-electron chi connectivity index (χ1n) is 5.72. The molecule has 1 atom stereocenters. The fourth-order valence-electron chi connectivity index (χ4n) is 1.52. The molecule has 1 aromatic rings. The minimum Gasteiger partial charge on any atom is -0.382 e. The number of halogens is 3. The average Bonchev–Trinajstić information content (AvgIpc) is 2.60. The van der Waals surface area contributed by atoms with Crippen molar-refractivity contribution in [1.82, 2.24) is 15.1 Å². The summed E-state index contributed by atoms with van der Waals surface area (Å²) in [4.78, 5) is 11.3. The second kappa shape index (κ2) is 6.05. The molecule has 0 aromatic carbocycles. The third-order valence-corrected chi connectivity index (χ3v) is 2.52. The van der Waals surface area contributed by atoms with Crippen LogP contribution < -0.4 is 5.32 Å². The van der Waals surface area contributed by atoms with Gasteiger partial charge in [0.2, 0.25) is 5.91 Å². The second-order valence-corrected chi connectivity index (χ2v) is 4.26. The van der Waals surface area contributed by atoms with E-state index in [4.69, 9.17) is 5.11 Å². The summed E-state index contributed by atoms with van der Waals surface area (Å²) >= 11 is 0. The molecule has 1 amide bonds. The van der Waals surface area contributed by atoms with Crippen molar-refractivity contribution < 1.29 is 23.1 Å². The first kappa shape index (κ1) is 15.5. The minimum atomic E-state index is -4.72. The first-order chi connectivity index (χ1) is 8.70. The van der Waals surface area contributed by atoms with E-state index in [9.17, 15) is 18.0 Å². The molecule has 0 radical (unpaired) electrons. The third-order valence-electron chi connectivity index (χ3n) is 2.52. The molecular weight excluding hydrogens is 263 g/mol. The number of aliphatic hydroxyl groups is 1. The Labute approximate surface area is 108 Å². The molecule has 1 rings (SSSR count). The van der Waals surface area contributed by atoms with E-state index in [-0.39, 0.29) is 13.0 Å². The topological polar surface area (TPSA) is 67.2 Å². The van der Waals surface area contributed by atoms with Crippen LogP contribution >= 0.6 is 0 Å². The summed E-state index contributed by atoms with van der Waals surface area (Å²) in [6.45, 7) is 3.08. The van der Waals surface area contributed by atoms with E-state index in [0.29, 0.717) is 0 Å². The quantitative estimate of drug-likeness (QED) is 0.842. The maximum atomic E-state index is 12.0. The fourth-order valence-corrected chi connectivity index (χ4v) is 1.52. The summed E-state index contributed by atoms with van der Waals surface area (Å²) in [6, 6.07) is 1.84. The van der Waals surface area contributed by atoms with Crippen LogP contribution in [0.1, 0.15) is 17.8 Å². The predicted octanol–water partition coefficient (Wildman–Crippen LogP) is 0.929. The van der Waals surface area contributed by atoms with Crippen molar-refractivity contribution in [1.29, 1.82) is 0 Å². The molecule has 1 heterocycles. The number of rotatable bonds is 5. The van der Waals surface area contributed by atoms with Gasteiger partial charge in [-0.25, -0.2) is 0 Å². The van der Waals surface area contributed by atoms with Crippen LogP contribution in [0.5, 0.6) is 0 Å². The van der Waals surface area contributed by atoms with Gasteiger partial charge in [-0.2, -0.15) is 18.3 Å². The van der Waals surface area contributed by atoms with Crippen molar-refractivity contribution in [3.05, 3.63) is 17.5 Å². The summed E-state index contributed by atoms with van der Waals surface area (Å²) < 4.78 is 37.6. The lowest BCUT2D eigenvalue weighted by Gasteiger charge is -2.15. The number of aliphatic hydroxyl groups excluding tert-OH is 1. The summed E-state index contributed by atoms with van der Waals surface area (Å²) in [5, 5.41) is 14.9. The summed E-state index contributed by atoms with van der Waals surface area (Å²) in [5.74, 6) is -0.559. The SMILES string of the molecule is Cc1cc(C)n(CCC(=O)NCC(O)C(F)(F)F)n1. The molecule has 0 aliphatic carbocycles. The highest BCUT2D eigenvalue weighted by Crippen LogP contribution is 2.19. The standard InChI is InChI=1S/C11H16F3N3O2/c1-7-5-8(2)17(16-7)4-3-10(19)15-6-9(18)11(12,13)14/h5,9,18H,3-4,6H2,1-2H3,(H,15,19). The molecule has 0 aliphatic heterocycles. The average molecular weight is 279 g/mol. The summed E-state index contributed by atoms with van der Waals surface area (Å²) in [7, 11) is 0. The van der Waals surface area contributed by atoms with Crippen LogP contribution in [0.25, 0.3) is 0 Å². The van der Waals surface area contributed by atoms with Crippen molar-refractivity contribution in [3.8, 4) is 0 Å². The first-order valence-corrected chi connectivity index (χ1v) is 5.72. The van der Waals surface area contributed by atoms with Gasteiger partial charge in [-0.15, -0.1) is 0 Å². The second-order valence-electron chi connectivity index (χ2n) is 4.26. The Kier molecular flexibility index (Phi) is 4.93. The van der Waals surface area contributed by atoms with Crippen molar-refractivity contribution in [2.75, 3.05) is 6.54 Å². The molecule has 0 saturated heterocycles. The van der Waals surface area contributed by atoms with Gasteiger partial charge < -0.3 is 10.4 Å². The highest BCUT2D eigenvalue weighted by molar-refractivity contribution is 5.75. The van der Waals surface area contributed by atoms with E-state index in [1.807, 2.05) is 25.2 Å². The molecule has 1 unspecified atom stereocenters. The number of amides is 1. The highest BCUT2D eigenvalue weighted by atomic mass is 19.4. The number of aryl methyl sites for hydroxylation is 3. The zero-order valence-electron chi connectivity index (χ0n) is 10.7. The molecular formula is C11H16F3N3O2. The van der Waals surface area contributed by atoms with Gasteiger partial charge in [0.1, 0.15) is 0 Å². The van der Waals surface area contributed by atoms with Crippen molar-refractivity contribution >= 4 is 5.91 Å². The molecule has 108 valence electrons. The van der Waals surface area contributed by atoms with Gasteiger partial charge in [-0.1, -0.05) is 0 Å². The van der Waals surface area contributed by atoms with E-state index < -0.39 is 24.7 Å². The van der Waals surface area contributed by atoms with E-state index in [2.05, 4.69) is 5.10 Å². The number of hydrogen-bond acceptors (Lipinski definition) is 3. The molecule has 0 saturated carbocycles. The Balaban J connectivity index is 2.35. The fraction of sp³-hybridized carbons (Fsp3) is 0.636. The van der Waals surface area contributed by atoms with Gasteiger partial charge in [0.25, 0.3) is 0 Å². The number of aromatic nitrogens is 2. The lowest BCUT2D eigenvalue weighted by molar-refractivity contribution is -0.201. The van der Waals surface area contributed by atoms with Crippen molar-refractivity contribution in [2.24, 2.45) is 0 Å². The molecule has 0 spiro atoms. The van der Waals surface area contributed by atoms with E-state index >= 15 is 0 Å². The van der Waals surface area contributed by atoms with Crippen LogP contribution in [0, 0.1) is 13.8 Å². The van der Waals surface area contributed by atoms with Crippen LogP contribution in [0.2, 0.25) is 0 Å². The van der Waals surface area contributed by atoms with Crippen LogP contribution in [0.3, 0.4) is 0 Å². The van der Waals surface area contributed by atoms with Gasteiger partial charge in [0.15, 0.2) is 6.10 Å². The molecule has 8 heteroatoms. The Morgan fingerprint density at radius 3 is 2.63 bits per heavy atom. The van der Waals surface area contributed by atoms with E-state index in [1.165, 1.54) is 0 Å². The highest BCUT2D eigenvalue weighted by Gasteiger charge is 2.38. The Morgan fingerprint density at radius 2 is 2.16 bits per heavy atom. The number of nitrogens with zero attached hydrogens (tertiary/aromatic N) is 2. The predicted molar refractivity (Wildman–Crippen MR) is 61.4 cm³/mol. The van der Waals surface area contributed by atoms with E-state index in [1.54, 1.807) is 4.68 Å². The monoisotopic (exact) mass is 279 g/mol. The van der Waals surface area contributed by atoms with Crippen molar-refractivity contribution in [2.45, 2.75) is 39.1 Å². The number of hydrogen-bond donors (Lipinski definition) is 2. The van der Waals surface area contributed by atoms with Gasteiger partial charge in [-0.05, 0) is 19.9 Å². The Hall–Kier alpha value is -1.57. The lowest BCUT2D eigenvalue weighted by Crippen LogP contribution is -2.40. The van der Waals surface area contributed by atoms with Gasteiger partial charge >= 0.3 is 6.18 Å². The molecule has 19 heavy (non-hydrogen) atoms. The molecule has 0 aliphatic rings. The normalized spacial score (nSPS) is 13.4. The third kappa shape index (κ3) is 4.90. The largest absolute Gasteiger partial charge is 0.416 e. The van der Waals surface area contributed by atoms with Gasteiger partial charge in [-0.3, -0.25) is 9.48 Å². The molecule has 5 nitrogen and oxygen atoms in total. The van der Waals surface area contributed by atoms with Crippen LogP contribution in [0.15, 0.2) is 6.07 Å². The summed E-state index contributed by atoms with van der Waals surface area (Å²) in [5.41, 5.74) is 1.69. The lowest BCUT2D eigenvalue weighted by atomic mass is 10.3. The van der Waals surface area contributed by atoms with Crippen molar-refractivity contribution in [3.63, 3.8) is 0 Å². The van der Waals surface area contributed by atoms with Crippen LogP contribution in [0.4, 0.5) is 13.2 Å². The minimum absolute atomic E-state index is 0.00649. The number of carbonyl (C=O) groups excluding carboxylic acids is 1. The molecule has 0 bridgehead atoms. The Morgan fingerprint density at radius 1 is 1.53 bits per heavy atom. The molecule has 1 aromatic heterocycles. The zero-order valence-corrected chi connectivity index (χ0v) is 10.7.